The Kier molecular flexibility index (Phi) is 6.83. The van der Waals surface area contributed by atoms with Crippen LogP contribution < -0.4 is 0 Å². The fourth-order valence-electron chi connectivity index (χ4n) is 2.06. The normalized spacial score (nSPS) is 24.6. The lowest BCUT2D eigenvalue weighted by Crippen LogP contribution is -2.24. The summed E-state index contributed by atoms with van der Waals surface area (Å²) in [5, 5.41) is 1.05. The van der Waals surface area contributed by atoms with E-state index in [1.807, 2.05) is 0 Å². The number of hydrogen-bond acceptors (Lipinski definition) is 0. The van der Waals surface area contributed by atoms with Crippen molar-refractivity contribution in [2.24, 2.45) is 11.3 Å². The number of rotatable bonds is 1. The molecule has 0 spiro atoms. The minimum atomic E-state index is 0.431. The first-order chi connectivity index (χ1) is 6.90. The monoisotopic (exact) mass is 274 g/mol. The van der Waals surface area contributed by atoms with Crippen molar-refractivity contribution >= 4 is 15.9 Å². The molecule has 0 saturated heterocycles. The van der Waals surface area contributed by atoms with E-state index in [4.69, 9.17) is 0 Å². The van der Waals surface area contributed by atoms with Crippen LogP contribution >= 0.6 is 15.9 Å². The van der Waals surface area contributed by atoms with Gasteiger partial charge in [-0.25, -0.2) is 0 Å². The van der Waals surface area contributed by atoms with Gasteiger partial charge in [0.15, 0.2) is 0 Å². The summed E-state index contributed by atoms with van der Waals surface area (Å²) >= 11 is 3.60. The Morgan fingerprint density at radius 3 is 2.13 bits per heavy atom. The predicted octanol–water partition coefficient (Wildman–Crippen LogP) is 5.57. The molecule has 0 aliphatic heterocycles. The third-order valence-corrected chi connectivity index (χ3v) is 3.93. The molecule has 15 heavy (non-hydrogen) atoms. The second kappa shape index (κ2) is 6.73. The molecule has 1 rings (SSSR count). The summed E-state index contributed by atoms with van der Waals surface area (Å²) in [7, 11) is 0. The van der Waals surface area contributed by atoms with Crippen LogP contribution in [0.2, 0.25) is 0 Å². The van der Waals surface area contributed by atoms with E-state index in [0.29, 0.717) is 5.41 Å². The average Bonchev–Trinajstić information content (AvgIpc) is 2.14. The second-order valence-corrected chi connectivity index (χ2v) is 5.89. The van der Waals surface area contributed by atoms with Gasteiger partial charge in [-0.1, -0.05) is 68.1 Å². The highest BCUT2D eigenvalue weighted by Crippen LogP contribution is 2.43. The summed E-state index contributed by atoms with van der Waals surface area (Å²) in [5.41, 5.74) is 3.67. The molecule has 0 nitrogen and oxygen atoms in total. The number of allylic oxidation sites excluding steroid dienone is 2. The molecule has 0 aromatic rings. The molecule has 1 aliphatic rings. The Labute approximate surface area is 105 Å². The molecule has 1 heteroatoms. The number of alkyl halides is 1. The van der Waals surface area contributed by atoms with Crippen molar-refractivity contribution in [2.75, 3.05) is 5.33 Å². The van der Waals surface area contributed by atoms with Crippen molar-refractivity contribution in [3.05, 3.63) is 11.1 Å². The first kappa shape index (κ1) is 15.2. The van der Waals surface area contributed by atoms with Gasteiger partial charge in [0, 0.05) is 5.33 Å². The lowest BCUT2D eigenvalue weighted by atomic mass is 9.70. The summed E-state index contributed by atoms with van der Waals surface area (Å²) in [5.74, 6) is 0.797. The Bertz CT molecular complexity index is 213. The van der Waals surface area contributed by atoms with Gasteiger partial charge in [-0.05, 0) is 31.1 Å². The van der Waals surface area contributed by atoms with Gasteiger partial charge in [0.05, 0.1) is 0 Å². The van der Waals surface area contributed by atoms with Gasteiger partial charge in [0.1, 0.15) is 0 Å². The van der Waals surface area contributed by atoms with Crippen LogP contribution in [0.25, 0.3) is 0 Å². The Hall–Kier alpha value is 0.220. The van der Waals surface area contributed by atoms with Gasteiger partial charge >= 0.3 is 0 Å². The van der Waals surface area contributed by atoms with Crippen LogP contribution in [0.1, 0.15) is 60.8 Å². The standard InChI is InChI=1S/C11H19Br.C3H8/c1-8-5-6-11(3,4)10(7-12)9(8)2;1-3-2/h8H,5-7H2,1-4H3;3H2,1-2H3/t8-;/m1./s1. The lowest BCUT2D eigenvalue weighted by molar-refractivity contribution is 0.332. The fraction of sp³-hybridized carbons (Fsp3) is 0.857. The lowest BCUT2D eigenvalue weighted by Gasteiger charge is -2.36. The SMILES string of the molecule is CC1=C(CBr)C(C)(C)CC[C@H]1C.CCC. The van der Waals surface area contributed by atoms with Crippen LogP contribution in [0.15, 0.2) is 11.1 Å². The Morgan fingerprint density at radius 2 is 1.80 bits per heavy atom. The molecule has 0 heterocycles. The maximum atomic E-state index is 3.60. The smallest absolute Gasteiger partial charge is 0.0249 e. The summed E-state index contributed by atoms with van der Waals surface area (Å²) in [4.78, 5) is 0. The molecule has 0 fully saturated rings. The van der Waals surface area contributed by atoms with Gasteiger partial charge in [-0.3, -0.25) is 0 Å². The predicted molar refractivity (Wildman–Crippen MR) is 74.6 cm³/mol. The van der Waals surface area contributed by atoms with E-state index in [0.717, 1.165) is 11.2 Å². The highest BCUT2D eigenvalue weighted by molar-refractivity contribution is 9.09. The van der Waals surface area contributed by atoms with Crippen molar-refractivity contribution in [3.63, 3.8) is 0 Å². The number of halogens is 1. The molecule has 1 aliphatic carbocycles. The van der Waals surface area contributed by atoms with E-state index in [2.05, 4.69) is 57.5 Å². The number of hydrogen-bond donors (Lipinski definition) is 0. The third kappa shape index (κ3) is 4.30. The Balaban J connectivity index is 0.000000583. The maximum absolute atomic E-state index is 3.60. The van der Waals surface area contributed by atoms with E-state index in [9.17, 15) is 0 Å². The van der Waals surface area contributed by atoms with Crippen molar-refractivity contribution < 1.29 is 0 Å². The van der Waals surface area contributed by atoms with Crippen LogP contribution in [-0.4, -0.2) is 5.33 Å². The molecule has 90 valence electrons. The fourth-order valence-corrected chi connectivity index (χ4v) is 3.26. The largest absolute Gasteiger partial charge is 0.0880 e. The quantitative estimate of drug-likeness (QED) is 0.433. The van der Waals surface area contributed by atoms with Crippen LogP contribution in [0.5, 0.6) is 0 Å². The van der Waals surface area contributed by atoms with E-state index in [1.54, 1.807) is 11.1 Å². The molecule has 1 atom stereocenters. The first-order valence-electron chi connectivity index (χ1n) is 6.16. The zero-order valence-corrected chi connectivity index (χ0v) is 12.9. The summed E-state index contributed by atoms with van der Waals surface area (Å²) in [6.45, 7) is 13.6. The molecule has 0 N–H and O–H groups in total. The molecule has 0 radical (unpaired) electrons. The zero-order chi connectivity index (χ0) is 12.1. The highest BCUT2D eigenvalue weighted by Gasteiger charge is 2.30. The highest BCUT2D eigenvalue weighted by atomic mass is 79.9. The zero-order valence-electron chi connectivity index (χ0n) is 11.3. The topological polar surface area (TPSA) is 0 Å². The molecule has 0 saturated carbocycles. The molecule has 0 unspecified atom stereocenters. The Morgan fingerprint density at radius 1 is 1.33 bits per heavy atom. The van der Waals surface area contributed by atoms with E-state index in [1.165, 1.54) is 19.3 Å². The molecule has 0 bridgehead atoms. The molecule has 0 aromatic carbocycles. The van der Waals surface area contributed by atoms with Crippen molar-refractivity contribution in [1.82, 2.24) is 0 Å². The van der Waals surface area contributed by atoms with Gasteiger partial charge in [-0.15, -0.1) is 0 Å². The van der Waals surface area contributed by atoms with Crippen molar-refractivity contribution in [2.45, 2.75) is 60.8 Å². The van der Waals surface area contributed by atoms with Crippen molar-refractivity contribution in [3.8, 4) is 0 Å². The van der Waals surface area contributed by atoms with Crippen LogP contribution in [0.4, 0.5) is 0 Å². The maximum Gasteiger partial charge on any atom is 0.0249 e. The van der Waals surface area contributed by atoms with Crippen molar-refractivity contribution in [1.29, 1.82) is 0 Å². The third-order valence-electron chi connectivity index (χ3n) is 3.37. The second-order valence-electron chi connectivity index (χ2n) is 5.33. The average molecular weight is 275 g/mol. The van der Waals surface area contributed by atoms with Gasteiger partial charge in [-0.2, -0.15) is 0 Å². The van der Waals surface area contributed by atoms with E-state index >= 15 is 0 Å². The first-order valence-corrected chi connectivity index (χ1v) is 7.28. The van der Waals surface area contributed by atoms with E-state index < -0.39 is 0 Å². The van der Waals surface area contributed by atoms with Gasteiger partial charge in [0.25, 0.3) is 0 Å². The van der Waals surface area contributed by atoms with Crippen LogP contribution in [0, 0.1) is 11.3 Å². The molecule has 0 aromatic heterocycles. The minimum Gasteiger partial charge on any atom is -0.0880 e. The minimum absolute atomic E-state index is 0.431. The summed E-state index contributed by atoms with van der Waals surface area (Å²) in [6, 6.07) is 0. The van der Waals surface area contributed by atoms with Crippen LogP contribution in [0.3, 0.4) is 0 Å². The van der Waals surface area contributed by atoms with E-state index in [-0.39, 0.29) is 0 Å². The van der Waals surface area contributed by atoms with Gasteiger partial charge < -0.3 is 0 Å². The molecule has 0 amide bonds. The van der Waals surface area contributed by atoms with Crippen LogP contribution in [-0.2, 0) is 0 Å². The molecular weight excluding hydrogens is 248 g/mol. The summed E-state index contributed by atoms with van der Waals surface area (Å²) < 4.78 is 0. The molecular formula is C14H27Br. The summed E-state index contributed by atoms with van der Waals surface area (Å²) in [6.07, 6.45) is 3.95. The van der Waals surface area contributed by atoms with Gasteiger partial charge in [0.2, 0.25) is 0 Å².